The van der Waals surface area contributed by atoms with E-state index in [1.807, 2.05) is 35.6 Å². The fraction of sp³-hybridized carbons (Fsp3) is 0.412. The minimum atomic E-state index is 0.0818. The number of fused-ring (bicyclic) bond motifs is 1. The van der Waals surface area contributed by atoms with E-state index in [0.29, 0.717) is 6.04 Å². The van der Waals surface area contributed by atoms with Crippen molar-refractivity contribution in [3.63, 3.8) is 0 Å². The summed E-state index contributed by atoms with van der Waals surface area (Å²) in [6.45, 7) is 4.49. The number of halogens is 1. The number of hydrogen-bond acceptors (Lipinski definition) is 3. The molecule has 0 spiro atoms. The molecular formula is C17H21ClN2S. The van der Waals surface area contributed by atoms with Gasteiger partial charge in [-0.1, -0.05) is 23.7 Å². The Hall–Kier alpha value is -0.870. The van der Waals surface area contributed by atoms with Gasteiger partial charge in [0, 0.05) is 35.1 Å². The quantitative estimate of drug-likeness (QED) is 0.904. The van der Waals surface area contributed by atoms with Crippen LogP contribution in [0.1, 0.15) is 41.4 Å². The first-order valence-electron chi connectivity index (χ1n) is 7.46. The van der Waals surface area contributed by atoms with Gasteiger partial charge >= 0.3 is 0 Å². The third-order valence-corrected chi connectivity index (χ3v) is 5.68. The molecule has 1 aromatic heterocycles. The zero-order valence-corrected chi connectivity index (χ0v) is 13.8. The Morgan fingerprint density at radius 1 is 1.33 bits per heavy atom. The molecule has 0 aliphatic carbocycles. The fourth-order valence-electron chi connectivity index (χ4n) is 3.05. The second kappa shape index (κ2) is 6.49. The van der Waals surface area contributed by atoms with Crippen molar-refractivity contribution in [1.82, 2.24) is 4.90 Å². The van der Waals surface area contributed by atoms with Gasteiger partial charge in [-0.25, -0.2) is 0 Å². The molecule has 112 valence electrons. The molecule has 0 radical (unpaired) electrons. The summed E-state index contributed by atoms with van der Waals surface area (Å²) in [4.78, 5) is 4.10. The van der Waals surface area contributed by atoms with Gasteiger partial charge in [0.15, 0.2) is 0 Å². The topological polar surface area (TPSA) is 29.3 Å². The van der Waals surface area contributed by atoms with E-state index in [2.05, 4.69) is 23.3 Å². The van der Waals surface area contributed by atoms with Gasteiger partial charge in [-0.2, -0.15) is 0 Å². The zero-order chi connectivity index (χ0) is 14.8. The maximum absolute atomic E-state index is 6.31. The van der Waals surface area contributed by atoms with Crippen LogP contribution in [0.3, 0.4) is 0 Å². The number of nitrogens with zero attached hydrogens (tertiary/aromatic N) is 1. The molecular weight excluding hydrogens is 300 g/mol. The van der Waals surface area contributed by atoms with Crippen LogP contribution < -0.4 is 5.73 Å². The number of benzene rings is 1. The summed E-state index contributed by atoms with van der Waals surface area (Å²) >= 11 is 7.81. The first-order chi connectivity index (χ1) is 10.1. The van der Waals surface area contributed by atoms with Crippen molar-refractivity contribution in [2.24, 2.45) is 5.73 Å². The summed E-state index contributed by atoms with van der Waals surface area (Å²) in [7, 11) is 0. The highest BCUT2D eigenvalue weighted by Crippen LogP contribution is 2.33. The molecule has 1 aliphatic rings. The Morgan fingerprint density at radius 2 is 2.10 bits per heavy atom. The molecule has 2 atom stereocenters. The summed E-state index contributed by atoms with van der Waals surface area (Å²) in [5.74, 6) is 0. The molecule has 2 N–H and O–H groups in total. The molecule has 0 saturated heterocycles. The first kappa shape index (κ1) is 15.0. The molecule has 1 aromatic carbocycles. The average Bonchev–Trinajstić information content (AvgIpc) is 2.96. The highest BCUT2D eigenvalue weighted by atomic mass is 35.5. The van der Waals surface area contributed by atoms with Crippen LogP contribution in [0.15, 0.2) is 35.7 Å². The van der Waals surface area contributed by atoms with E-state index in [1.165, 1.54) is 17.5 Å². The van der Waals surface area contributed by atoms with Crippen LogP contribution in [-0.2, 0) is 6.42 Å². The minimum Gasteiger partial charge on any atom is -0.324 e. The van der Waals surface area contributed by atoms with Gasteiger partial charge in [0.1, 0.15) is 0 Å². The van der Waals surface area contributed by atoms with Gasteiger partial charge in [-0.15, -0.1) is 11.3 Å². The smallest absolute Gasteiger partial charge is 0.0406 e. The monoisotopic (exact) mass is 320 g/mol. The molecule has 3 rings (SSSR count). The molecule has 1 aliphatic heterocycles. The maximum Gasteiger partial charge on any atom is 0.0406 e. The van der Waals surface area contributed by atoms with Crippen molar-refractivity contribution >= 4 is 22.9 Å². The Balaban J connectivity index is 1.59. The predicted molar refractivity (Wildman–Crippen MR) is 91.0 cm³/mol. The Bertz CT molecular complexity index is 593. The SMILES string of the molecule is CC1c2ccsc2CCN1CCC(N)c1ccc(Cl)cc1. The van der Waals surface area contributed by atoms with Crippen LogP contribution in [0.2, 0.25) is 5.02 Å². The van der Waals surface area contributed by atoms with E-state index >= 15 is 0 Å². The number of thiophene rings is 1. The van der Waals surface area contributed by atoms with Crippen molar-refractivity contribution in [3.05, 3.63) is 56.7 Å². The van der Waals surface area contributed by atoms with Gasteiger partial charge in [0.25, 0.3) is 0 Å². The van der Waals surface area contributed by atoms with Crippen LogP contribution >= 0.6 is 22.9 Å². The van der Waals surface area contributed by atoms with Crippen LogP contribution in [0.4, 0.5) is 0 Å². The predicted octanol–water partition coefficient (Wildman–Crippen LogP) is 4.41. The fourth-order valence-corrected chi connectivity index (χ4v) is 4.14. The Labute approximate surface area is 135 Å². The van der Waals surface area contributed by atoms with Crippen LogP contribution in [0.25, 0.3) is 0 Å². The van der Waals surface area contributed by atoms with E-state index in [0.717, 1.165) is 24.5 Å². The standard InChI is InChI=1S/C17H21ClN2S/c1-12-15-8-11-21-17(15)7-10-20(12)9-6-16(19)13-2-4-14(18)5-3-13/h2-5,8,11-12,16H,6-7,9-10,19H2,1H3. The molecule has 0 saturated carbocycles. The Kier molecular flexibility index (Phi) is 4.65. The molecule has 21 heavy (non-hydrogen) atoms. The van der Waals surface area contributed by atoms with Crippen molar-refractivity contribution in [3.8, 4) is 0 Å². The summed E-state index contributed by atoms with van der Waals surface area (Å²) in [5, 5.41) is 2.98. The van der Waals surface area contributed by atoms with Gasteiger partial charge in [0.2, 0.25) is 0 Å². The highest BCUT2D eigenvalue weighted by Gasteiger charge is 2.24. The second-order valence-corrected chi connectivity index (χ2v) is 7.14. The number of hydrogen-bond donors (Lipinski definition) is 1. The van der Waals surface area contributed by atoms with E-state index in [1.54, 1.807) is 4.88 Å². The lowest BCUT2D eigenvalue weighted by atomic mass is 9.99. The van der Waals surface area contributed by atoms with E-state index in [-0.39, 0.29) is 6.04 Å². The number of rotatable bonds is 4. The van der Waals surface area contributed by atoms with Crippen molar-refractivity contribution in [2.75, 3.05) is 13.1 Å². The lowest BCUT2D eigenvalue weighted by Crippen LogP contribution is -2.35. The van der Waals surface area contributed by atoms with E-state index in [9.17, 15) is 0 Å². The zero-order valence-electron chi connectivity index (χ0n) is 12.3. The largest absolute Gasteiger partial charge is 0.324 e. The van der Waals surface area contributed by atoms with Gasteiger partial charge < -0.3 is 5.73 Å². The van der Waals surface area contributed by atoms with Crippen LogP contribution in [0.5, 0.6) is 0 Å². The molecule has 0 fully saturated rings. The third-order valence-electron chi connectivity index (χ3n) is 4.43. The second-order valence-electron chi connectivity index (χ2n) is 5.71. The normalized spacial score (nSPS) is 20.2. The Morgan fingerprint density at radius 3 is 2.86 bits per heavy atom. The van der Waals surface area contributed by atoms with Crippen molar-refractivity contribution in [1.29, 1.82) is 0 Å². The van der Waals surface area contributed by atoms with Gasteiger partial charge in [-0.05, 0) is 54.5 Å². The third kappa shape index (κ3) is 3.32. The van der Waals surface area contributed by atoms with Gasteiger partial charge in [-0.3, -0.25) is 4.90 Å². The molecule has 4 heteroatoms. The molecule has 0 bridgehead atoms. The van der Waals surface area contributed by atoms with E-state index in [4.69, 9.17) is 17.3 Å². The maximum atomic E-state index is 6.31. The minimum absolute atomic E-state index is 0.0818. The summed E-state index contributed by atoms with van der Waals surface area (Å²) < 4.78 is 0. The average molecular weight is 321 g/mol. The lowest BCUT2D eigenvalue weighted by Gasteiger charge is -2.34. The van der Waals surface area contributed by atoms with E-state index < -0.39 is 0 Å². The molecule has 2 nitrogen and oxygen atoms in total. The molecule has 2 heterocycles. The van der Waals surface area contributed by atoms with Crippen LogP contribution in [-0.4, -0.2) is 18.0 Å². The molecule has 0 amide bonds. The highest BCUT2D eigenvalue weighted by molar-refractivity contribution is 7.10. The first-order valence-corrected chi connectivity index (χ1v) is 8.72. The summed E-state index contributed by atoms with van der Waals surface area (Å²) in [5.41, 5.74) is 8.99. The summed E-state index contributed by atoms with van der Waals surface area (Å²) in [6, 6.07) is 10.8. The number of nitrogens with two attached hydrogens (primary N) is 1. The summed E-state index contributed by atoms with van der Waals surface area (Å²) in [6.07, 6.45) is 2.15. The van der Waals surface area contributed by atoms with Crippen molar-refractivity contribution in [2.45, 2.75) is 31.8 Å². The van der Waals surface area contributed by atoms with Crippen molar-refractivity contribution < 1.29 is 0 Å². The lowest BCUT2D eigenvalue weighted by molar-refractivity contribution is 0.193. The van der Waals surface area contributed by atoms with Crippen LogP contribution in [0, 0.1) is 0 Å². The molecule has 2 unspecified atom stereocenters. The van der Waals surface area contributed by atoms with Gasteiger partial charge in [0.05, 0.1) is 0 Å². The molecule has 2 aromatic rings.